The molecule has 0 aliphatic carbocycles. The summed E-state index contributed by atoms with van der Waals surface area (Å²) < 4.78 is 16.7. The summed E-state index contributed by atoms with van der Waals surface area (Å²) in [5.74, 6) is -0.998. The summed E-state index contributed by atoms with van der Waals surface area (Å²) in [7, 11) is 0. The lowest BCUT2D eigenvalue weighted by molar-refractivity contribution is -0.167. The zero-order chi connectivity index (χ0) is 47.2. The van der Waals surface area contributed by atoms with Crippen LogP contribution in [0.3, 0.4) is 0 Å². The van der Waals surface area contributed by atoms with E-state index in [4.69, 9.17) is 14.2 Å². The zero-order valence-electron chi connectivity index (χ0n) is 42.0. The van der Waals surface area contributed by atoms with E-state index in [9.17, 15) is 14.4 Å². The Morgan fingerprint density at radius 2 is 0.631 bits per heavy atom. The topological polar surface area (TPSA) is 78.9 Å². The Bertz CT molecular complexity index is 1360. The van der Waals surface area contributed by atoms with Crippen molar-refractivity contribution in [1.82, 2.24) is 0 Å². The minimum atomic E-state index is -0.811. The van der Waals surface area contributed by atoms with Gasteiger partial charge in [-0.25, -0.2) is 0 Å². The molecule has 368 valence electrons. The molecule has 0 aromatic rings. The number of hydrogen-bond acceptors (Lipinski definition) is 6. The second-order valence-electron chi connectivity index (χ2n) is 17.2. The van der Waals surface area contributed by atoms with E-state index in [2.05, 4.69) is 57.2 Å². The van der Waals surface area contributed by atoms with Gasteiger partial charge in [0.15, 0.2) is 6.10 Å². The van der Waals surface area contributed by atoms with Crippen LogP contribution in [0.5, 0.6) is 0 Å². The third-order valence-corrected chi connectivity index (χ3v) is 10.9. The highest BCUT2D eigenvalue weighted by molar-refractivity contribution is 5.71. The maximum atomic E-state index is 12.8. The van der Waals surface area contributed by atoms with Crippen LogP contribution < -0.4 is 0 Å². The van der Waals surface area contributed by atoms with Gasteiger partial charge in [-0.1, -0.05) is 233 Å². The van der Waals surface area contributed by atoms with Crippen LogP contribution in [0.15, 0.2) is 109 Å². The van der Waals surface area contributed by atoms with Crippen molar-refractivity contribution in [2.24, 2.45) is 0 Å². The minimum Gasteiger partial charge on any atom is -0.462 e. The maximum Gasteiger partial charge on any atom is 0.306 e. The number of carbonyl (C=O) groups excluding carboxylic acids is 3. The molecule has 0 aromatic heterocycles. The third kappa shape index (κ3) is 50.9. The average Bonchev–Trinajstić information content (AvgIpc) is 3.30. The van der Waals surface area contributed by atoms with Crippen molar-refractivity contribution in [2.45, 2.75) is 232 Å². The predicted octanol–water partition coefficient (Wildman–Crippen LogP) is 17.5. The standard InChI is InChI=1S/C59H96O6/c1-4-7-10-13-16-19-21-23-25-27-29-31-33-35-37-40-43-46-49-52-58(61)64-55-56(54-63-57(60)51-48-45-42-39-18-15-12-9-6-3)65-59(62)53-50-47-44-41-38-36-34-32-30-28-26-24-22-20-17-14-11-8-5-2/h7,10,13,16,19,21,23,25,27-31,33,35,37,39,42,56H,4-6,8-9,11-12,14-15,17-18,20,22,24,26,32,34,36,38,40-41,43-55H2,1-3H3/b10-7-,16-13-,21-19-,25-23-,29-27+,30-28-,33-31-,37-35-,42-39-. The fourth-order valence-corrected chi connectivity index (χ4v) is 6.95. The molecular formula is C59H96O6. The van der Waals surface area contributed by atoms with E-state index >= 15 is 0 Å². The van der Waals surface area contributed by atoms with Gasteiger partial charge in [-0.2, -0.15) is 0 Å². The zero-order valence-corrected chi connectivity index (χ0v) is 42.0. The molecule has 0 fully saturated rings. The first-order valence-electron chi connectivity index (χ1n) is 26.5. The lowest BCUT2D eigenvalue weighted by Gasteiger charge is -2.18. The first-order valence-corrected chi connectivity index (χ1v) is 26.5. The molecule has 0 rings (SSSR count). The second-order valence-corrected chi connectivity index (χ2v) is 17.2. The molecule has 6 nitrogen and oxygen atoms in total. The van der Waals surface area contributed by atoms with Crippen molar-refractivity contribution >= 4 is 17.9 Å². The van der Waals surface area contributed by atoms with E-state index in [0.717, 1.165) is 64.2 Å². The van der Waals surface area contributed by atoms with E-state index in [-0.39, 0.29) is 31.1 Å². The van der Waals surface area contributed by atoms with Gasteiger partial charge in [0.05, 0.1) is 0 Å². The molecule has 65 heavy (non-hydrogen) atoms. The first kappa shape index (κ1) is 61.1. The molecule has 0 spiro atoms. The molecule has 0 aromatic carbocycles. The number of carbonyl (C=O) groups is 3. The average molecular weight is 901 g/mol. The van der Waals surface area contributed by atoms with Crippen molar-refractivity contribution < 1.29 is 28.6 Å². The van der Waals surface area contributed by atoms with E-state index in [1.807, 2.05) is 72.9 Å². The Hall–Kier alpha value is -3.93. The molecule has 0 radical (unpaired) electrons. The highest BCUT2D eigenvalue weighted by atomic mass is 16.6. The number of hydrogen-bond donors (Lipinski definition) is 0. The SMILES string of the molecule is CC\C=C/C=C\C=C/C=C\C=C\C=C/C=C\CCCCCC(=O)OCC(COC(=O)CCC/C=C\CCCCCC)OC(=O)CCCCCCCCC/C=C\CCCCCCCCCC. The number of rotatable bonds is 46. The molecule has 0 saturated carbocycles. The van der Waals surface area contributed by atoms with Crippen molar-refractivity contribution in [2.75, 3.05) is 13.2 Å². The Morgan fingerprint density at radius 3 is 1.08 bits per heavy atom. The molecule has 0 aliphatic heterocycles. The van der Waals surface area contributed by atoms with Gasteiger partial charge in [0.2, 0.25) is 0 Å². The molecule has 1 atom stereocenters. The molecule has 0 amide bonds. The number of esters is 3. The van der Waals surface area contributed by atoms with Crippen LogP contribution in [0.2, 0.25) is 0 Å². The number of allylic oxidation sites excluding steroid dienone is 18. The number of unbranched alkanes of at least 4 members (excludes halogenated alkanes) is 23. The third-order valence-electron chi connectivity index (χ3n) is 10.9. The maximum absolute atomic E-state index is 12.8. The summed E-state index contributed by atoms with van der Waals surface area (Å²) in [5, 5.41) is 0. The highest BCUT2D eigenvalue weighted by Gasteiger charge is 2.19. The van der Waals surface area contributed by atoms with E-state index < -0.39 is 6.10 Å². The van der Waals surface area contributed by atoms with Gasteiger partial charge in [0.1, 0.15) is 13.2 Å². The Morgan fingerprint density at radius 1 is 0.323 bits per heavy atom. The fourth-order valence-electron chi connectivity index (χ4n) is 6.95. The van der Waals surface area contributed by atoms with Crippen LogP contribution in [-0.4, -0.2) is 37.2 Å². The van der Waals surface area contributed by atoms with Gasteiger partial charge < -0.3 is 14.2 Å². The van der Waals surface area contributed by atoms with E-state index in [1.54, 1.807) is 0 Å². The van der Waals surface area contributed by atoms with Crippen LogP contribution in [-0.2, 0) is 28.6 Å². The Labute approximate surface area is 400 Å². The summed E-state index contributed by atoms with van der Waals surface area (Å²) in [6.07, 6.45) is 70.8. The first-order chi connectivity index (χ1) is 32.0. The van der Waals surface area contributed by atoms with Crippen molar-refractivity contribution in [3.05, 3.63) is 109 Å². The molecular weight excluding hydrogens is 805 g/mol. The minimum absolute atomic E-state index is 0.112. The molecule has 0 saturated heterocycles. The smallest absolute Gasteiger partial charge is 0.306 e. The summed E-state index contributed by atoms with van der Waals surface area (Å²) in [5.41, 5.74) is 0. The second kappa shape index (κ2) is 52.7. The quantitative estimate of drug-likeness (QED) is 0.0199. The van der Waals surface area contributed by atoms with Crippen LogP contribution in [0.25, 0.3) is 0 Å². The summed E-state index contributed by atoms with van der Waals surface area (Å²) in [4.78, 5) is 37.9. The number of ether oxygens (including phenoxy) is 3. The Kier molecular flexibility index (Phi) is 49.5. The van der Waals surface area contributed by atoms with Gasteiger partial charge in [0.25, 0.3) is 0 Å². The molecule has 0 N–H and O–H groups in total. The van der Waals surface area contributed by atoms with Crippen molar-refractivity contribution in [3.8, 4) is 0 Å². The normalized spacial score (nSPS) is 13.0. The summed E-state index contributed by atoms with van der Waals surface area (Å²) in [6, 6.07) is 0. The molecule has 1 unspecified atom stereocenters. The molecule has 0 bridgehead atoms. The van der Waals surface area contributed by atoms with Gasteiger partial charge in [-0.05, 0) is 83.5 Å². The highest BCUT2D eigenvalue weighted by Crippen LogP contribution is 2.14. The predicted molar refractivity (Wildman–Crippen MR) is 279 cm³/mol. The van der Waals surface area contributed by atoms with Gasteiger partial charge in [0, 0.05) is 19.3 Å². The monoisotopic (exact) mass is 901 g/mol. The van der Waals surface area contributed by atoms with Crippen molar-refractivity contribution in [3.63, 3.8) is 0 Å². The molecule has 0 heterocycles. The largest absolute Gasteiger partial charge is 0.462 e. The van der Waals surface area contributed by atoms with Crippen LogP contribution >= 0.6 is 0 Å². The lowest BCUT2D eigenvalue weighted by atomic mass is 10.1. The van der Waals surface area contributed by atoms with Crippen LogP contribution in [0, 0.1) is 0 Å². The molecule has 0 aliphatic rings. The Balaban J connectivity index is 4.45. The van der Waals surface area contributed by atoms with Crippen LogP contribution in [0.1, 0.15) is 226 Å². The van der Waals surface area contributed by atoms with Crippen molar-refractivity contribution in [1.29, 1.82) is 0 Å². The van der Waals surface area contributed by atoms with Gasteiger partial charge >= 0.3 is 17.9 Å². The lowest BCUT2D eigenvalue weighted by Crippen LogP contribution is -2.30. The summed E-state index contributed by atoms with van der Waals surface area (Å²) in [6.45, 7) is 6.38. The van der Waals surface area contributed by atoms with Gasteiger partial charge in [-0.3, -0.25) is 14.4 Å². The van der Waals surface area contributed by atoms with E-state index in [0.29, 0.717) is 25.7 Å². The fraction of sp³-hybridized carbons (Fsp3) is 0.644. The molecule has 6 heteroatoms. The summed E-state index contributed by atoms with van der Waals surface area (Å²) >= 11 is 0. The van der Waals surface area contributed by atoms with Crippen LogP contribution in [0.4, 0.5) is 0 Å². The van der Waals surface area contributed by atoms with Gasteiger partial charge in [-0.15, -0.1) is 0 Å². The van der Waals surface area contributed by atoms with E-state index in [1.165, 1.54) is 116 Å².